The van der Waals surface area contributed by atoms with E-state index in [1.54, 1.807) is 0 Å². The number of rotatable bonds is 2. The Labute approximate surface area is 116 Å². The lowest BCUT2D eigenvalue weighted by atomic mass is 10.0. The van der Waals surface area contributed by atoms with E-state index < -0.39 is 0 Å². The molecule has 0 saturated carbocycles. The molecule has 1 saturated heterocycles. The third-order valence-corrected chi connectivity index (χ3v) is 4.82. The highest BCUT2D eigenvalue weighted by Gasteiger charge is 2.29. The Balaban J connectivity index is 2.12. The Hall–Kier alpha value is -0.870. The summed E-state index contributed by atoms with van der Waals surface area (Å²) >= 11 is 3.53. The van der Waals surface area contributed by atoms with Gasteiger partial charge >= 0.3 is 0 Å². The monoisotopic (exact) mass is 310 g/mol. The maximum absolute atomic E-state index is 12.2. The van der Waals surface area contributed by atoms with Crippen LogP contribution in [0.3, 0.4) is 0 Å². The molecule has 2 unspecified atom stereocenters. The number of hydrogen-bond donors (Lipinski definition) is 2. The predicted molar refractivity (Wildman–Crippen MR) is 77.8 cm³/mol. The number of halogens is 1. The topological polar surface area (TPSA) is 41.1 Å². The van der Waals surface area contributed by atoms with Crippen LogP contribution in [0.5, 0.6) is 0 Å². The van der Waals surface area contributed by atoms with E-state index in [2.05, 4.69) is 33.5 Å². The summed E-state index contributed by atoms with van der Waals surface area (Å²) in [4.78, 5) is 12.2. The van der Waals surface area contributed by atoms with Crippen LogP contribution >= 0.6 is 15.9 Å². The Morgan fingerprint density at radius 2 is 2.00 bits per heavy atom. The number of carbonyl (C=O) groups is 1. The second-order valence-electron chi connectivity index (χ2n) is 5.05. The van der Waals surface area contributed by atoms with Crippen LogP contribution < -0.4 is 10.6 Å². The largest absolute Gasteiger partial charge is 0.326 e. The average molecular weight is 311 g/mol. The first-order valence-electron chi connectivity index (χ1n) is 6.30. The fourth-order valence-electron chi connectivity index (χ4n) is 2.47. The SMILES string of the molecule is Cc1cc(NC(=O)C2CCNC2C)cc(C)c1Br. The minimum absolute atomic E-state index is 0.0780. The Morgan fingerprint density at radius 1 is 1.39 bits per heavy atom. The Kier molecular flexibility index (Phi) is 4.07. The lowest BCUT2D eigenvalue weighted by molar-refractivity contribution is -0.119. The fraction of sp³-hybridized carbons (Fsp3) is 0.500. The van der Waals surface area contributed by atoms with Crippen LogP contribution in [-0.2, 0) is 4.79 Å². The van der Waals surface area contributed by atoms with Crippen molar-refractivity contribution in [3.63, 3.8) is 0 Å². The van der Waals surface area contributed by atoms with E-state index in [9.17, 15) is 4.79 Å². The Morgan fingerprint density at radius 3 is 2.50 bits per heavy atom. The van der Waals surface area contributed by atoms with Crippen molar-refractivity contribution in [1.29, 1.82) is 0 Å². The summed E-state index contributed by atoms with van der Waals surface area (Å²) in [6.07, 6.45) is 0.918. The molecule has 1 amide bonds. The molecule has 2 atom stereocenters. The van der Waals surface area contributed by atoms with Crippen molar-refractivity contribution in [2.45, 2.75) is 33.2 Å². The normalized spacial score (nSPS) is 23.1. The van der Waals surface area contributed by atoms with Gasteiger partial charge < -0.3 is 10.6 Å². The maximum atomic E-state index is 12.2. The molecular weight excluding hydrogens is 292 g/mol. The molecule has 1 aromatic carbocycles. The second-order valence-corrected chi connectivity index (χ2v) is 5.84. The molecule has 18 heavy (non-hydrogen) atoms. The second kappa shape index (κ2) is 5.41. The molecule has 0 radical (unpaired) electrons. The van der Waals surface area contributed by atoms with Crippen LogP contribution in [0.4, 0.5) is 5.69 Å². The fourth-order valence-corrected chi connectivity index (χ4v) is 2.70. The minimum atomic E-state index is 0.0780. The number of carbonyl (C=O) groups excluding carboxylic acids is 1. The van der Waals surface area contributed by atoms with E-state index >= 15 is 0 Å². The average Bonchev–Trinajstić information content (AvgIpc) is 2.72. The van der Waals surface area contributed by atoms with Gasteiger partial charge in [0.2, 0.25) is 5.91 Å². The van der Waals surface area contributed by atoms with Crippen LogP contribution in [0.1, 0.15) is 24.5 Å². The molecular formula is C14H19BrN2O. The van der Waals surface area contributed by atoms with Crippen molar-refractivity contribution >= 4 is 27.5 Å². The van der Waals surface area contributed by atoms with Crippen molar-refractivity contribution in [3.8, 4) is 0 Å². The zero-order valence-corrected chi connectivity index (χ0v) is 12.6. The van der Waals surface area contributed by atoms with E-state index in [1.165, 1.54) is 0 Å². The lowest BCUT2D eigenvalue weighted by Crippen LogP contribution is -2.32. The summed E-state index contributed by atoms with van der Waals surface area (Å²) in [6.45, 7) is 7.06. The molecule has 1 fully saturated rings. The maximum Gasteiger partial charge on any atom is 0.229 e. The predicted octanol–water partition coefficient (Wildman–Crippen LogP) is 3.00. The van der Waals surface area contributed by atoms with Gasteiger partial charge in [0.25, 0.3) is 0 Å². The van der Waals surface area contributed by atoms with Gasteiger partial charge in [-0.25, -0.2) is 0 Å². The van der Waals surface area contributed by atoms with Crippen LogP contribution in [-0.4, -0.2) is 18.5 Å². The van der Waals surface area contributed by atoms with Gasteiger partial charge in [0.05, 0.1) is 5.92 Å². The third-order valence-electron chi connectivity index (χ3n) is 3.57. The van der Waals surface area contributed by atoms with Crippen LogP contribution in [0, 0.1) is 19.8 Å². The molecule has 4 heteroatoms. The van der Waals surface area contributed by atoms with Crippen molar-refractivity contribution in [3.05, 3.63) is 27.7 Å². The van der Waals surface area contributed by atoms with Crippen molar-refractivity contribution in [2.75, 3.05) is 11.9 Å². The van der Waals surface area contributed by atoms with Crippen molar-refractivity contribution in [1.82, 2.24) is 5.32 Å². The van der Waals surface area contributed by atoms with Gasteiger partial charge in [-0.2, -0.15) is 0 Å². The summed E-state index contributed by atoms with van der Waals surface area (Å²) in [5.41, 5.74) is 3.17. The van der Waals surface area contributed by atoms with E-state index in [0.717, 1.165) is 34.3 Å². The molecule has 0 spiro atoms. The molecule has 1 aliphatic heterocycles. The number of aryl methyl sites for hydroxylation is 2. The van der Waals surface area contributed by atoms with E-state index in [-0.39, 0.29) is 17.9 Å². The molecule has 1 aliphatic rings. The Bertz CT molecular complexity index is 450. The van der Waals surface area contributed by atoms with Gasteiger partial charge in [0.1, 0.15) is 0 Å². The van der Waals surface area contributed by atoms with Crippen LogP contribution in [0.25, 0.3) is 0 Å². The molecule has 0 aromatic heterocycles. The highest BCUT2D eigenvalue weighted by molar-refractivity contribution is 9.10. The number of amides is 1. The standard InChI is InChI=1S/C14H19BrN2O/c1-8-6-11(7-9(2)13(8)15)17-14(18)12-4-5-16-10(12)3/h6-7,10,12,16H,4-5H2,1-3H3,(H,17,18). The zero-order chi connectivity index (χ0) is 13.3. The summed E-state index contributed by atoms with van der Waals surface area (Å²) in [5, 5.41) is 6.32. The van der Waals surface area contributed by atoms with Gasteiger partial charge in [-0.05, 0) is 57.0 Å². The lowest BCUT2D eigenvalue weighted by Gasteiger charge is -2.16. The van der Waals surface area contributed by atoms with Gasteiger partial charge in [-0.15, -0.1) is 0 Å². The van der Waals surface area contributed by atoms with Gasteiger partial charge in [-0.1, -0.05) is 15.9 Å². The van der Waals surface area contributed by atoms with Gasteiger partial charge in [-0.3, -0.25) is 4.79 Å². The van der Waals surface area contributed by atoms with Crippen LogP contribution in [0.2, 0.25) is 0 Å². The number of hydrogen-bond acceptors (Lipinski definition) is 2. The summed E-state index contributed by atoms with van der Waals surface area (Å²) in [7, 11) is 0. The molecule has 1 aromatic rings. The number of nitrogens with one attached hydrogen (secondary N) is 2. The highest BCUT2D eigenvalue weighted by Crippen LogP contribution is 2.26. The summed E-state index contributed by atoms with van der Waals surface area (Å²) in [6, 6.07) is 4.27. The molecule has 3 nitrogen and oxygen atoms in total. The first kappa shape index (κ1) is 13.6. The quantitative estimate of drug-likeness (QED) is 0.881. The zero-order valence-electron chi connectivity index (χ0n) is 11.0. The molecule has 1 heterocycles. The smallest absolute Gasteiger partial charge is 0.229 e. The van der Waals surface area contributed by atoms with E-state index in [1.807, 2.05) is 26.0 Å². The molecule has 2 N–H and O–H groups in total. The van der Waals surface area contributed by atoms with Gasteiger partial charge in [0, 0.05) is 16.2 Å². The van der Waals surface area contributed by atoms with E-state index in [4.69, 9.17) is 0 Å². The molecule has 0 bridgehead atoms. The number of anilines is 1. The van der Waals surface area contributed by atoms with Crippen LogP contribution in [0.15, 0.2) is 16.6 Å². The first-order chi connectivity index (χ1) is 8.49. The number of benzene rings is 1. The summed E-state index contributed by atoms with van der Waals surface area (Å²) in [5.74, 6) is 0.197. The third kappa shape index (κ3) is 2.75. The minimum Gasteiger partial charge on any atom is -0.326 e. The van der Waals surface area contributed by atoms with Crippen molar-refractivity contribution < 1.29 is 4.79 Å². The summed E-state index contributed by atoms with van der Waals surface area (Å²) < 4.78 is 1.11. The molecule has 0 aliphatic carbocycles. The van der Waals surface area contributed by atoms with Gasteiger partial charge in [0.15, 0.2) is 0 Å². The first-order valence-corrected chi connectivity index (χ1v) is 7.09. The van der Waals surface area contributed by atoms with E-state index in [0.29, 0.717) is 0 Å². The van der Waals surface area contributed by atoms with Crippen molar-refractivity contribution in [2.24, 2.45) is 5.92 Å². The molecule has 2 rings (SSSR count). The molecule has 98 valence electrons. The highest BCUT2D eigenvalue weighted by atomic mass is 79.9.